The maximum atomic E-state index is 14.0. The third-order valence-corrected chi connectivity index (χ3v) is 4.03. The average molecular weight is 385 g/mol. The van der Waals surface area contributed by atoms with Crippen LogP contribution in [0.2, 0.25) is 0 Å². The summed E-state index contributed by atoms with van der Waals surface area (Å²) in [5.74, 6) is -0.0633. The Labute approximate surface area is 160 Å². The number of benzene rings is 1. The SMILES string of the molecule is COCCn1cnnc1CCNC(=O)c1cc(F)cc(-c2cnc(N)nc2)c1. The summed E-state index contributed by atoms with van der Waals surface area (Å²) in [5, 5.41) is 10.7. The molecule has 0 atom stereocenters. The van der Waals surface area contributed by atoms with Crippen molar-refractivity contribution in [2.24, 2.45) is 0 Å². The lowest BCUT2D eigenvalue weighted by molar-refractivity contribution is 0.0953. The van der Waals surface area contributed by atoms with Crippen molar-refractivity contribution in [1.82, 2.24) is 30.0 Å². The van der Waals surface area contributed by atoms with Crippen LogP contribution in [0.3, 0.4) is 0 Å². The highest BCUT2D eigenvalue weighted by Gasteiger charge is 2.11. The molecule has 0 aliphatic carbocycles. The van der Waals surface area contributed by atoms with Gasteiger partial charge in [-0.1, -0.05) is 0 Å². The summed E-state index contributed by atoms with van der Waals surface area (Å²) >= 11 is 0. The Hall–Kier alpha value is -3.40. The Morgan fingerprint density at radius 1 is 1.25 bits per heavy atom. The van der Waals surface area contributed by atoms with Crippen LogP contribution in [0, 0.1) is 5.82 Å². The summed E-state index contributed by atoms with van der Waals surface area (Å²) in [6, 6.07) is 4.07. The summed E-state index contributed by atoms with van der Waals surface area (Å²) in [6.07, 6.45) is 5.06. The second kappa shape index (κ2) is 9.00. The van der Waals surface area contributed by atoms with E-state index in [1.807, 2.05) is 4.57 Å². The molecule has 0 unspecified atom stereocenters. The first kappa shape index (κ1) is 19.4. The number of nitrogens with two attached hydrogens (primary N) is 1. The average Bonchev–Trinajstić information content (AvgIpc) is 3.13. The van der Waals surface area contributed by atoms with Gasteiger partial charge < -0.3 is 20.4 Å². The third kappa shape index (κ3) is 4.86. The Kier molecular flexibility index (Phi) is 6.22. The molecule has 0 saturated heterocycles. The highest BCUT2D eigenvalue weighted by atomic mass is 19.1. The summed E-state index contributed by atoms with van der Waals surface area (Å²) in [4.78, 5) is 20.2. The number of halogens is 1. The number of nitrogens with zero attached hydrogens (tertiary/aromatic N) is 5. The molecule has 0 bridgehead atoms. The fourth-order valence-corrected chi connectivity index (χ4v) is 2.61. The Morgan fingerprint density at radius 2 is 2.04 bits per heavy atom. The van der Waals surface area contributed by atoms with Crippen LogP contribution in [0.4, 0.5) is 10.3 Å². The number of nitrogen functional groups attached to an aromatic ring is 1. The molecule has 146 valence electrons. The van der Waals surface area contributed by atoms with Gasteiger partial charge in [0.1, 0.15) is 18.0 Å². The summed E-state index contributed by atoms with van der Waals surface area (Å²) in [7, 11) is 1.62. The minimum atomic E-state index is -0.529. The predicted molar refractivity (Wildman–Crippen MR) is 99.8 cm³/mol. The molecule has 3 N–H and O–H groups in total. The fourth-order valence-electron chi connectivity index (χ4n) is 2.61. The molecule has 0 aliphatic heterocycles. The molecular formula is C18H20FN7O2. The number of rotatable bonds is 8. The van der Waals surface area contributed by atoms with Gasteiger partial charge in [0.05, 0.1) is 6.61 Å². The Bertz CT molecular complexity index is 943. The van der Waals surface area contributed by atoms with Crippen molar-refractivity contribution in [2.45, 2.75) is 13.0 Å². The largest absolute Gasteiger partial charge is 0.383 e. The van der Waals surface area contributed by atoms with Crippen molar-refractivity contribution in [3.63, 3.8) is 0 Å². The minimum absolute atomic E-state index is 0.122. The van der Waals surface area contributed by atoms with Gasteiger partial charge in [-0.2, -0.15) is 0 Å². The summed E-state index contributed by atoms with van der Waals surface area (Å²) in [6.45, 7) is 1.50. The van der Waals surface area contributed by atoms with Gasteiger partial charge in [-0.05, 0) is 23.8 Å². The second-order valence-corrected chi connectivity index (χ2v) is 6.00. The molecule has 0 radical (unpaired) electrons. The highest BCUT2D eigenvalue weighted by Crippen LogP contribution is 2.21. The number of methoxy groups -OCH3 is 1. The molecule has 9 nitrogen and oxygen atoms in total. The Balaban J connectivity index is 1.64. The number of hydrogen-bond donors (Lipinski definition) is 2. The van der Waals surface area contributed by atoms with E-state index in [1.54, 1.807) is 19.5 Å². The van der Waals surface area contributed by atoms with Gasteiger partial charge in [0.2, 0.25) is 5.95 Å². The van der Waals surface area contributed by atoms with Crippen LogP contribution >= 0.6 is 0 Å². The minimum Gasteiger partial charge on any atom is -0.383 e. The molecule has 2 heterocycles. The molecule has 0 fully saturated rings. The molecule has 0 saturated carbocycles. The number of carbonyl (C=O) groups excluding carboxylic acids is 1. The molecule has 3 aromatic rings. The molecular weight excluding hydrogens is 365 g/mol. The van der Waals surface area contributed by atoms with E-state index < -0.39 is 5.82 Å². The number of aromatic nitrogens is 5. The molecule has 28 heavy (non-hydrogen) atoms. The predicted octanol–water partition coefficient (Wildman–Crippen LogP) is 1.08. The summed E-state index contributed by atoms with van der Waals surface area (Å²) in [5.41, 5.74) is 6.72. The van der Waals surface area contributed by atoms with Gasteiger partial charge in [0, 0.05) is 50.1 Å². The van der Waals surface area contributed by atoms with Crippen LogP contribution in [0.25, 0.3) is 11.1 Å². The first-order valence-corrected chi connectivity index (χ1v) is 8.59. The van der Waals surface area contributed by atoms with Gasteiger partial charge >= 0.3 is 0 Å². The number of ether oxygens (including phenoxy) is 1. The smallest absolute Gasteiger partial charge is 0.251 e. The van der Waals surface area contributed by atoms with Crippen molar-refractivity contribution < 1.29 is 13.9 Å². The van der Waals surface area contributed by atoms with Gasteiger partial charge in [-0.3, -0.25) is 4.79 Å². The molecule has 1 aromatic carbocycles. The fraction of sp³-hybridized carbons (Fsp3) is 0.278. The van der Waals surface area contributed by atoms with Crippen LogP contribution < -0.4 is 11.1 Å². The molecule has 0 spiro atoms. The van der Waals surface area contributed by atoms with E-state index in [0.717, 1.165) is 5.82 Å². The van der Waals surface area contributed by atoms with Gasteiger partial charge in [-0.25, -0.2) is 14.4 Å². The van der Waals surface area contributed by atoms with E-state index in [2.05, 4.69) is 25.5 Å². The van der Waals surface area contributed by atoms with Crippen LogP contribution in [-0.4, -0.2) is 50.9 Å². The van der Waals surface area contributed by atoms with E-state index in [-0.39, 0.29) is 17.4 Å². The monoisotopic (exact) mass is 385 g/mol. The van der Waals surface area contributed by atoms with E-state index in [9.17, 15) is 9.18 Å². The van der Waals surface area contributed by atoms with E-state index in [0.29, 0.717) is 37.2 Å². The second-order valence-electron chi connectivity index (χ2n) is 6.00. The van der Waals surface area contributed by atoms with Gasteiger partial charge in [0.15, 0.2) is 0 Å². The number of amides is 1. The van der Waals surface area contributed by atoms with Crippen molar-refractivity contribution in [2.75, 3.05) is 26.0 Å². The van der Waals surface area contributed by atoms with Crippen LogP contribution in [0.5, 0.6) is 0 Å². The molecule has 10 heteroatoms. The molecule has 3 rings (SSSR count). The number of anilines is 1. The van der Waals surface area contributed by atoms with Crippen molar-refractivity contribution in [3.8, 4) is 11.1 Å². The van der Waals surface area contributed by atoms with E-state index in [4.69, 9.17) is 10.5 Å². The maximum Gasteiger partial charge on any atom is 0.251 e. The van der Waals surface area contributed by atoms with E-state index in [1.165, 1.54) is 24.5 Å². The molecule has 0 aliphatic rings. The molecule has 2 aromatic heterocycles. The van der Waals surface area contributed by atoms with Crippen LogP contribution in [0.15, 0.2) is 36.9 Å². The van der Waals surface area contributed by atoms with Crippen molar-refractivity contribution >= 4 is 11.9 Å². The molecule has 1 amide bonds. The maximum absolute atomic E-state index is 14.0. The van der Waals surface area contributed by atoms with Crippen molar-refractivity contribution in [3.05, 3.63) is 54.1 Å². The van der Waals surface area contributed by atoms with E-state index >= 15 is 0 Å². The topological polar surface area (TPSA) is 121 Å². The zero-order valence-corrected chi connectivity index (χ0v) is 15.3. The van der Waals surface area contributed by atoms with Crippen molar-refractivity contribution in [1.29, 1.82) is 0 Å². The zero-order chi connectivity index (χ0) is 19.9. The van der Waals surface area contributed by atoms with Crippen LogP contribution in [0.1, 0.15) is 16.2 Å². The Morgan fingerprint density at radius 3 is 2.79 bits per heavy atom. The highest BCUT2D eigenvalue weighted by molar-refractivity contribution is 5.95. The normalized spacial score (nSPS) is 10.8. The standard InChI is InChI=1S/C18H20FN7O2/c1-28-5-4-26-11-24-25-16(26)2-3-21-17(27)13-6-12(7-15(19)8-13)14-9-22-18(20)23-10-14/h6-11H,2-5H2,1H3,(H,21,27)(H2,20,22,23). The number of hydrogen-bond acceptors (Lipinski definition) is 7. The van der Waals surface area contributed by atoms with Crippen LogP contribution in [-0.2, 0) is 17.7 Å². The zero-order valence-electron chi connectivity index (χ0n) is 15.3. The first-order chi connectivity index (χ1) is 13.6. The summed E-state index contributed by atoms with van der Waals surface area (Å²) < 4.78 is 20.9. The van der Waals surface area contributed by atoms with Gasteiger partial charge in [-0.15, -0.1) is 10.2 Å². The lowest BCUT2D eigenvalue weighted by Crippen LogP contribution is -2.26. The quantitative estimate of drug-likeness (QED) is 0.595. The third-order valence-electron chi connectivity index (χ3n) is 4.03. The number of nitrogens with one attached hydrogen (secondary N) is 1. The number of carbonyl (C=O) groups is 1. The lowest BCUT2D eigenvalue weighted by Gasteiger charge is -2.09. The first-order valence-electron chi connectivity index (χ1n) is 8.59. The van der Waals surface area contributed by atoms with Gasteiger partial charge in [0.25, 0.3) is 5.91 Å². The lowest BCUT2D eigenvalue weighted by atomic mass is 10.0.